The van der Waals surface area contributed by atoms with Crippen LogP contribution in [0.1, 0.15) is 29.8 Å². The minimum Gasteiger partial charge on any atom is -0.478 e. The third-order valence-corrected chi connectivity index (χ3v) is 4.67. The van der Waals surface area contributed by atoms with Crippen molar-refractivity contribution in [1.29, 1.82) is 0 Å². The van der Waals surface area contributed by atoms with Gasteiger partial charge in [-0.25, -0.2) is 4.79 Å². The average Bonchev–Trinajstić information content (AvgIpc) is 3.04. The molecule has 0 aliphatic heterocycles. The van der Waals surface area contributed by atoms with Crippen molar-refractivity contribution in [2.45, 2.75) is 25.9 Å². The molecule has 0 saturated heterocycles. The maximum Gasteiger partial charge on any atom is 0.347 e. The zero-order chi connectivity index (χ0) is 20.3. The van der Waals surface area contributed by atoms with Gasteiger partial charge >= 0.3 is 5.97 Å². The standard InChI is InChI=1S/C21H21ClN2O4/c1-21(2,20(26)27)28-16-7-8-18-17(11-16)14(12-24-18)9-10-23-19(25)13-3-5-15(22)6-4-13/h3-8,11-12,24H,9-10H2,1-2H3,(H,23,25)(H,26,27). The number of carbonyl (C=O) groups is 2. The molecule has 0 saturated carbocycles. The fraction of sp³-hybridized carbons (Fsp3) is 0.238. The molecule has 6 nitrogen and oxygen atoms in total. The van der Waals surface area contributed by atoms with E-state index in [-0.39, 0.29) is 5.91 Å². The lowest BCUT2D eigenvalue weighted by Gasteiger charge is -2.21. The summed E-state index contributed by atoms with van der Waals surface area (Å²) in [5.41, 5.74) is 1.15. The lowest BCUT2D eigenvalue weighted by atomic mass is 10.1. The summed E-state index contributed by atoms with van der Waals surface area (Å²) in [5, 5.41) is 13.6. The molecule has 0 radical (unpaired) electrons. The number of nitrogens with one attached hydrogen (secondary N) is 2. The number of rotatable bonds is 7. The van der Waals surface area contributed by atoms with Gasteiger partial charge in [-0.15, -0.1) is 0 Å². The molecule has 0 aliphatic carbocycles. The molecule has 2 aromatic carbocycles. The minimum atomic E-state index is -1.32. The number of carbonyl (C=O) groups excluding carboxylic acids is 1. The van der Waals surface area contributed by atoms with Crippen LogP contribution in [-0.2, 0) is 11.2 Å². The van der Waals surface area contributed by atoms with Crippen LogP contribution in [0.3, 0.4) is 0 Å². The van der Waals surface area contributed by atoms with Gasteiger partial charge in [0.2, 0.25) is 0 Å². The number of benzene rings is 2. The van der Waals surface area contributed by atoms with Gasteiger partial charge in [-0.2, -0.15) is 0 Å². The van der Waals surface area contributed by atoms with E-state index >= 15 is 0 Å². The second kappa shape index (κ2) is 7.94. The molecule has 0 fully saturated rings. The third-order valence-electron chi connectivity index (χ3n) is 4.41. The fourth-order valence-corrected chi connectivity index (χ4v) is 2.91. The molecule has 1 amide bonds. The summed E-state index contributed by atoms with van der Waals surface area (Å²) < 4.78 is 5.61. The first-order valence-corrected chi connectivity index (χ1v) is 9.20. The van der Waals surface area contributed by atoms with Gasteiger partial charge in [0.25, 0.3) is 5.91 Å². The molecule has 146 valence electrons. The predicted octanol–water partition coefficient (Wildman–Crippen LogP) is 4.04. The molecule has 3 aromatic rings. The second-order valence-corrected chi connectivity index (χ2v) is 7.39. The smallest absolute Gasteiger partial charge is 0.347 e. The number of hydrogen-bond donors (Lipinski definition) is 3. The SMILES string of the molecule is CC(C)(Oc1ccc2[nH]cc(CCNC(=O)c3ccc(Cl)cc3)c2c1)C(=O)O. The Bertz CT molecular complexity index is 1010. The quantitative estimate of drug-likeness (QED) is 0.558. The van der Waals surface area contributed by atoms with Crippen LogP contribution < -0.4 is 10.1 Å². The van der Waals surface area contributed by atoms with Gasteiger partial charge in [0.1, 0.15) is 5.75 Å². The summed E-state index contributed by atoms with van der Waals surface area (Å²) >= 11 is 5.84. The Balaban J connectivity index is 1.68. The summed E-state index contributed by atoms with van der Waals surface area (Å²) in [4.78, 5) is 26.6. The van der Waals surface area contributed by atoms with Crippen molar-refractivity contribution in [2.75, 3.05) is 6.54 Å². The van der Waals surface area contributed by atoms with E-state index in [1.54, 1.807) is 30.3 Å². The van der Waals surface area contributed by atoms with E-state index in [0.29, 0.717) is 29.3 Å². The van der Waals surface area contributed by atoms with E-state index in [4.69, 9.17) is 16.3 Å². The number of ether oxygens (including phenoxy) is 1. The lowest BCUT2D eigenvalue weighted by molar-refractivity contribution is -0.152. The van der Waals surface area contributed by atoms with Crippen molar-refractivity contribution >= 4 is 34.4 Å². The third kappa shape index (κ3) is 4.46. The molecular weight excluding hydrogens is 380 g/mol. The van der Waals surface area contributed by atoms with Crippen LogP contribution in [-0.4, -0.2) is 34.1 Å². The number of fused-ring (bicyclic) bond motifs is 1. The van der Waals surface area contributed by atoms with Crippen LogP contribution in [0.5, 0.6) is 5.75 Å². The predicted molar refractivity (Wildman–Crippen MR) is 108 cm³/mol. The van der Waals surface area contributed by atoms with Crippen molar-refractivity contribution in [3.05, 3.63) is 64.8 Å². The molecular formula is C21H21ClN2O4. The molecule has 1 heterocycles. The molecule has 7 heteroatoms. The summed E-state index contributed by atoms with van der Waals surface area (Å²) in [6.45, 7) is 3.47. The van der Waals surface area contributed by atoms with E-state index in [0.717, 1.165) is 16.5 Å². The summed E-state index contributed by atoms with van der Waals surface area (Å²) in [6.07, 6.45) is 2.50. The van der Waals surface area contributed by atoms with E-state index < -0.39 is 11.6 Å². The zero-order valence-electron chi connectivity index (χ0n) is 15.6. The van der Waals surface area contributed by atoms with Gasteiger partial charge in [0, 0.05) is 34.2 Å². The topological polar surface area (TPSA) is 91.4 Å². The number of aliphatic carboxylic acids is 1. The van der Waals surface area contributed by atoms with Crippen molar-refractivity contribution < 1.29 is 19.4 Å². The minimum absolute atomic E-state index is 0.163. The number of aromatic amines is 1. The molecule has 0 atom stereocenters. The summed E-state index contributed by atoms with van der Waals surface area (Å²) in [5.74, 6) is -0.721. The van der Waals surface area contributed by atoms with Crippen LogP contribution in [0.2, 0.25) is 5.02 Å². The Morgan fingerprint density at radius 2 is 1.89 bits per heavy atom. The van der Waals surface area contributed by atoms with Crippen molar-refractivity contribution in [2.24, 2.45) is 0 Å². The van der Waals surface area contributed by atoms with E-state index in [1.807, 2.05) is 18.3 Å². The molecule has 0 bridgehead atoms. The van der Waals surface area contributed by atoms with Gasteiger partial charge in [0.05, 0.1) is 0 Å². The van der Waals surface area contributed by atoms with Crippen LogP contribution in [0.4, 0.5) is 0 Å². The largest absolute Gasteiger partial charge is 0.478 e. The molecule has 3 rings (SSSR count). The van der Waals surface area contributed by atoms with Gasteiger partial charge in [-0.3, -0.25) is 4.79 Å². The molecule has 28 heavy (non-hydrogen) atoms. The van der Waals surface area contributed by atoms with Crippen molar-refractivity contribution in [3.8, 4) is 5.75 Å². The maximum absolute atomic E-state index is 12.2. The fourth-order valence-electron chi connectivity index (χ4n) is 2.78. The number of carboxylic acids is 1. The number of aromatic nitrogens is 1. The molecule has 1 aromatic heterocycles. The second-order valence-electron chi connectivity index (χ2n) is 6.95. The lowest BCUT2D eigenvalue weighted by Crippen LogP contribution is -2.37. The van der Waals surface area contributed by atoms with Gasteiger partial charge in [-0.05, 0) is 68.3 Å². The van der Waals surface area contributed by atoms with Crippen LogP contribution in [0.15, 0.2) is 48.7 Å². The first-order chi connectivity index (χ1) is 13.3. The molecule has 3 N–H and O–H groups in total. The Labute approximate surface area is 167 Å². The monoisotopic (exact) mass is 400 g/mol. The first-order valence-electron chi connectivity index (χ1n) is 8.82. The van der Waals surface area contributed by atoms with Crippen molar-refractivity contribution in [1.82, 2.24) is 10.3 Å². The van der Waals surface area contributed by atoms with Gasteiger partial charge in [0.15, 0.2) is 5.60 Å². The Kier molecular flexibility index (Phi) is 5.61. The van der Waals surface area contributed by atoms with Gasteiger partial charge < -0.3 is 20.1 Å². The first kappa shape index (κ1) is 19.8. The highest BCUT2D eigenvalue weighted by molar-refractivity contribution is 6.30. The van der Waals surface area contributed by atoms with Crippen LogP contribution in [0, 0.1) is 0 Å². The molecule has 0 aliphatic rings. The van der Waals surface area contributed by atoms with E-state index in [9.17, 15) is 14.7 Å². The average molecular weight is 401 g/mol. The highest BCUT2D eigenvalue weighted by atomic mass is 35.5. The maximum atomic E-state index is 12.2. The number of halogens is 1. The molecule has 0 spiro atoms. The highest BCUT2D eigenvalue weighted by Gasteiger charge is 2.29. The summed E-state index contributed by atoms with van der Waals surface area (Å²) in [6, 6.07) is 12.1. The van der Waals surface area contributed by atoms with Crippen LogP contribution in [0.25, 0.3) is 10.9 Å². The van der Waals surface area contributed by atoms with Crippen LogP contribution >= 0.6 is 11.6 Å². The Morgan fingerprint density at radius 1 is 1.18 bits per heavy atom. The van der Waals surface area contributed by atoms with Crippen molar-refractivity contribution in [3.63, 3.8) is 0 Å². The summed E-state index contributed by atoms with van der Waals surface area (Å²) in [7, 11) is 0. The Hall–Kier alpha value is -2.99. The Morgan fingerprint density at radius 3 is 2.57 bits per heavy atom. The normalized spacial score (nSPS) is 11.4. The number of amides is 1. The van der Waals surface area contributed by atoms with E-state index in [2.05, 4.69) is 10.3 Å². The zero-order valence-corrected chi connectivity index (χ0v) is 16.3. The van der Waals surface area contributed by atoms with Gasteiger partial charge in [-0.1, -0.05) is 11.6 Å². The highest BCUT2D eigenvalue weighted by Crippen LogP contribution is 2.26. The number of H-pyrrole nitrogens is 1. The number of carboxylic acid groups (broad SMARTS) is 1. The van der Waals surface area contributed by atoms with E-state index in [1.165, 1.54) is 13.8 Å². The number of hydrogen-bond acceptors (Lipinski definition) is 3. The molecule has 0 unspecified atom stereocenters.